The number of likely N-dealkylation sites (N-methyl/N-ethyl adjacent to an activating group) is 1. The van der Waals surface area contributed by atoms with Crippen molar-refractivity contribution < 1.29 is 4.74 Å². The molecule has 4 nitrogen and oxygen atoms in total. The first-order valence-corrected chi connectivity index (χ1v) is 6.08. The maximum atomic E-state index is 5.97. The van der Waals surface area contributed by atoms with Gasteiger partial charge in [-0.15, -0.1) is 0 Å². The molecular weight excluding hydrogens is 226 g/mol. The molecule has 18 heavy (non-hydrogen) atoms. The Hall–Kier alpha value is -1.65. The topological polar surface area (TPSA) is 41.1 Å². The van der Waals surface area contributed by atoms with Crippen molar-refractivity contribution in [2.24, 2.45) is 0 Å². The van der Waals surface area contributed by atoms with E-state index in [-0.39, 0.29) is 6.10 Å². The normalized spacial score (nSPS) is 12.8. The van der Waals surface area contributed by atoms with E-state index in [0.29, 0.717) is 6.61 Å². The number of hydrogen-bond donors (Lipinski definition) is 1. The molecule has 0 spiro atoms. The van der Waals surface area contributed by atoms with Crippen molar-refractivity contribution in [2.75, 3.05) is 27.2 Å². The Morgan fingerprint density at radius 1 is 1.22 bits per heavy atom. The predicted octanol–water partition coefficient (Wildman–Crippen LogP) is 2.08. The molecule has 0 saturated heterocycles. The Labute approximate surface area is 108 Å². The fourth-order valence-corrected chi connectivity index (χ4v) is 1.76. The van der Waals surface area contributed by atoms with Gasteiger partial charge in [-0.25, -0.2) is 0 Å². The van der Waals surface area contributed by atoms with Gasteiger partial charge in [-0.3, -0.25) is 5.10 Å². The van der Waals surface area contributed by atoms with E-state index in [1.807, 2.05) is 38.4 Å². The van der Waals surface area contributed by atoms with Crippen LogP contribution in [0.2, 0.25) is 0 Å². The zero-order valence-corrected chi connectivity index (χ0v) is 10.8. The van der Waals surface area contributed by atoms with Crippen molar-refractivity contribution in [1.29, 1.82) is 0 Å². The second-order valence-corrected chi connectivity index (χ2v) is 4.48. The van der Waals surface area contributed by atoms with Crippen LogP contribution in [0.5, 0.6) is 0 Å². The first-order chi connectivity index (χ1) is 8.77. The third-order valence-electron chi connectivity index (χ3n) is 2.73. The molecule has 1 heterocycles. The summed E-state index contributed by atoms with van der Waals surface area (Å²) in [6, 6.07) is 12.1. The maximum absolute atomic E-state index is 5.97. The fourth-order valence-electron chi connectivity index (χ4n) is 1.76. The average molecular weight is 245 g/mol. The van der Waals surface area contributed by atoms with Crippen molar-refractivity contribution in [1.82, 2.24) is 15.1 Å². The van der Waals surface area contributed by atoms with Crippen LogP contribution in [-0.4, -0.2) is 42.3 Å². The van der Waals surface area contributed by atoms with Gasteiger partial charge in [0.1, 0.15) is 6.10 Å². The van der Waals surface area contributed by atoms with Crippen LogP contribution in [0.1, 0.15) is 17.4 Å². The first-order valence-electron chi connectivity index (χ1n) is 6.08. The smallest absolute Gasteiger partial charge is 0.124 e. The third kappa shape index (κ3) is 3.42. The molecule has 0 aliphatic rings. The zero-order chi connectivity index (χ0) is 12.8. The largest absolute Gasteiger partial charge is 0.366 e. The summed E-state index contributed by atoms with van der Waals surface area (Å²) in [6.07, 6.45) is 1.68. The van der Waals surface area contributed by atoms with Crippen LogP contribution in [0.15, 0.2) is 42.6 Å². The van der Waals surface area contributed by atoms with Gasteiger partial charge in [0.15, 0.2) is 0 Å². The lowest BCUT2D eigenvalue weighted by atomic mass is 10.1. The number of nitrogens with one attached hydrogen (secondary N) is 1. The van der Waals surface area contributed by atoms with Gasteiger partial charge in [0.2, 0.25) is 0 Å². The highest BCUT2D eigenvalue weighted by Gasteiger charge is 2.15. The Kier molecular flexibility index (Phi) is 4.50. The van der Waals surface area contributed by atoms with Crippen molar-refractivity contribution in [3.8, 4) is 0 Å². The molecule has 1 aromatic carbocycles. The van der Waals surface area contributed by atoms with Crippen molar-refractivity contribution >= 4 is 0 Å². The van der Waals surface area contributed by atoms with Crippen LogP contribution in [0.3, 0.4) is 0 Å². The number of H-pyrrole nitrogens is 1. The number of aromatic nitrogens is 2. The van der Waals surface area contributed by atoms with Crippen molar-refractivity contribution in [3.63, 3.8) is 0 Å². The summed E-state index contributed by atoms with van der Waals surface area (Å²) in [5, 5.41) is 6.98. The molecular formula is C14H19N3O. The summed E-state index contributed by atoms with van der Waals surface area (Å²) < 4.78 is 5.97. The second-order valence-electron chi connectivity index (χ2n) is 4.48. The van der Waals surface area contributed by atoms with Gasteiger partial charge in [-0.05, 0) is 25.7 Å². The third-order valence-corrected chi connectivity index (χ3v) is 2.73. The molecule has 0 aliphatic carbocycles. The van der Waals surface area contributed by atoms with Crippen LogP contribution >= 0.6 is 0 Å². The Morgan fingerprint density at radius 2 is 2.00 bits per heavy atom. The molecule has 1 atom stereocenters. The van der Waals surface area contributed by atoms with Crippen LogP contribution < -0.4 is 0 Å². The van der Waals surface area contributed by atoms with E-state index in [4.69, 9.17) is 4.74 Å². The standard InChI is InChI=1S/C14H19N3O/c1-17(2)10-11-18-14(13-8-9-15-16-13)12-6-4-3-5-7-12/h3-9,14H,10-11H2,1-2H3,(H,15,16). The lowest BCUT2D eigenvalue weighted by molar-refractivity contribution is 0.0661. The highest BCUT2D eigenvalue weighted by Crippen LogP contribution is 2.23. The Balaban J connectivity index is 2.09. The number of ether oxygens (including phenoxy) is 1. The summed E-state index contributed by atoms with van der Waals surface area (Å²) in [5.41, 5.74) is 2.13. The van der Waals surface area contributed by atoms with Gasteiger partial charge >= 0.3 is 0 Å². The van der Waals surface area contributed by atoms with E-state index in [0.717, 1.165) is 17.8 Å². The van der Waals surface area contributed by atoms with Crippen molar-refractivity contribution in [2.45, 2.75) is 6.10 Å². The summed E-state index contributed by atoms with van der Waals surface area (Å²) in [7, 11) is 4.08. The van der Waals surface area contributed by atoms with E-state index in [1.165, 1.54) is 0 Å². The minimum absolute atomic E-state index is 0.0753. The molecule has 0 saturated carbocycles. The molecule has 2 rings (SSSR count). The number of hydrogen-bond acceptors (Lipinski definition) is 3. The van der Waals surface area contributed by atoms with Crippen LogP contribution in [0.25, 0.3) is 0 Å². The van der Waals surface area contributed by atoms with E-state index in [2.05, 4.69) is 27.2 Å². The van der Waals surface area contributed by atoms with Crippen LogP contribution in [-0.2, 0) is 4.74 Å². The van der Waals surface area contributed by atoms with Gasteiger partial charge < -0.3 is 9.64 Å². The van der Waals surface area contributed by atoms with E-state index >= 15 is 0 Å². The monoisotopic (exact) mass is 245 g/mol. The lowest BCUT2D eigenvalue weighted by Crippen LogP contribution is -2.20. The summed E-state index contributed by atoms with van der Waals surface area (Å²) in [6.45, 7) is 1.59. The first kappa shape index (κ1) is 12.8. The zero-order valence-electron chi connectivity index (χ0n) is 10.8. The van der Waals surface area contributed by atoms with Crippen molar-refractivity contribution in [3.05, 3.63) is 53.9 Å². The van der Waals surface area contributed by atoms with E-state index < -0.39 is 0 Å². The van der Waals surface area contributed by atoms with Gasteiger partial charge in [0.25, 0.3) is 0 Å². The lowest BCUT2D eigenvalue weighted by Gasteiger charge is -2.18. The molecule has 2 aromatic rings. The quantitative estimate of drug-likeness (QED) is 0.847. The minimum atomic E-state index is -0.0753. The molecule has 0 amide bonds. The Bertz CT molecular complexity index is 439. The highest BCUT2D eigenvalue weighted by atomic mass is 16.5. The molecule has 1 unspecified atom stereocenters. The van der Waals surface area contributed by atoms with Gasteiger partial charge in [-0.2, -0.15) is 5.10 Å². The van der Waals surface area contributed by atoms with Crippen LogP contribution in [0, 0.1) is 0 Å². The van der Waals surface area contributed by atoms with Gasteiger partial charge in [0, 0.05) is 12.7 Å². The molecule has 0 aliphatic heterocycles. The summed E-state index contributed by atoms with van der Waals surface area (Å²) in [5.74, 6) is 0. The molecule has 0 bridgehead atoms. The van der Waals surface area contributed by atoms with E-state index in [9.17, 15) is 0 Å². The van der Waals surface area contributed by atoms with E-state index in [1.54, 1.807) is 6.20 Å². The average Bonchev–Trinajstić information content (AvgIpc) is 2.89. The van der Waals surface area contributed by atoms with Crippen LogP contribution in [0.4, 0.5) is 0 Å². The maximum Gasteiger partial charge on any atom is 0.124 e. The van der Waals surface area contributed by atoms with Gasteiger partial charge in [0.05, 0.1) is 12.3 Å². The second kappa shape index (κ2) is 6.33. The number of benzene rings is 1. The molecule has 0 fully saturated rings. The number of aromatic amines is 1. The highest BCUT2D eigenvalue weighted by molar-refractivity contribution is 5.25. The Morgan fingerprint density at radius 3 is 2.61 bits per heavy atom. The predicted molar refractivity (Wildman–Crippen MR) is 71.4 cm³/mol. The minimum Gasteiger partial charge on any atom is -0.366 e. The summed E-state index contributed by atoms with van der Waals surface area (Å²) in [4.78, 5) is 2.11. The SMILES string of the molecule is CN(C)CCOC(c1ccccc1)c1ccn[nH]1. The molecule has 0 radical (unpaired) electrons. The van der Waals surface area contributed by atoms with Gasteiger partial charge in [-0.1, -0.05) is 30.3 Å². The molecule has 4 heteroatoms. The fraction of sp³-hybridized carbons (Fsp3) is 0.357. The molecule has 1 aromatic heterocycles. The number of rotatable bonds is 6. The molecule has 96 valence electrons. The summed E-state index contributed by atoms with van der Waals surface area (Å²) >= 11 is 0. The number of nitrogens with zero attached hydrogens (tertiary/aromatic N) is 2. The molecule has 1 N–H and O–H groups in total.